The van der Waals surface area contributed by atoms with Gasteiger partial charge in [0, 0.05) is 6.04 Å². The minimum Gasteiger partial charge on any atom is -0.374 e. The third-order valence-corrected chi connectivity index (χ3v) is 2.28. The Balaban J connectivity index is 2.02. The lowest BCUT2D eigenvalue weighted by Gasteiger charge is -2.05. The number of ether oxygens (including phenoxy) is 1. The fraction of sp³-hybridized carbons (Fsp3) is 1.00. The van der Waals surface area contributed by atoms with Crippen LogP contribution in [-0.2, 0) is 4.74 Å². The molecule has 0 amide bonds. The van der Waals surface area contributed by atoms with Gasteiger partial charge in [0.25, 0.3) is 0 Å². The highest BCUT2D eigenvalue weighted by molar-refractivity contribution is 4.91. The number of hydrogen-bond donors (Lipinski definition) is 1. The highest BCUT2D eigenvalue weighted by Gasteiger charge is 2.35. The van der Waals surface area contributed by atoms with E-state index in [0.29, 0.717) is 18.2 Å². The van der Waals surface area contributed by atoms with Gasteiger partial charge in [0.1, 0.15) is 0 Å². The molecule has 0 aromatic carbocycles. The van der Waals surface area contributed by atoms with Crippen LogP contribution in [0.15, 0.2) is 0 Å². The van der Waals surface area contributed by atoms with Crippen LogP contribution in [0.4, 0.5) is 0 Å². The van der Waals surface area contributed by atoms with Gasteiger partial charge in [0.2, 0.25) is 0 Å². The van der Waals surface area contributed by atoms with Gasteiger partial charge in [-0.2, -0.15) is 0 Å². The quantitative estimate of drug-likeness (QED) is 0.512. The zero-order chi connectivity index (χ0) is 6.27. The Bertz CT molecular complexity index is 103. The molecule has 2 nitrogen and oxygen atoms in total. The molecule has 2 aliphatic heterocycles. The van der Waals surface area contributed by atoms with E-state index in [-0.39, 0.29) is 0 Å². The van der Waals surface area contributed by atoms with Gasteiger partial charge in [0.15, 0.2) is 0 Å². The van der Waals surface area contributed by atoms with Crippen LogP contribution in [0.5, 0.6) is 0 Å². The average molecular weight is 127 g/mol. The highest BCUT2D eigenvalue weighted by atomic mass is 16.5. The first kappa shape index (κ1) is 5.69. The van der Waals surface area contributed by atoms with E-state index in [1.165, 1.54) is 12.8 Å². The van der Waals surface area contributed by atoms with E-state index in [0.717, 1.165) is 6.54 Å². The lowest BCUT2D eigenvalue weighted by molar-refractivity contribution is 0.0573. The molecule has 0 spiro atoms. The largest absolute Gasteiger partial charge is 0.374 e. The molecule has 0 bridgehead atoms. The molecule has 2 saturated heterocycles. The molecule has 0 aliphatic carbocycles. The molecule has 3 atom stereocenters. The molecule has 0 aromatic heterocycles. The second-order valence-corrected chi connectivity index (χ2v) is 3.07. The molecular formula is C7H13NO. The molecule has 2 fully saturated rings. The van der Waals surface area contributed by atoms with E-state index >= 15 is 0 Å². The van der Waals surface area contributed by atoms with Crippen LogP contribution in [0.1, 0.15) is 19.8 Å². The van der Waals surface area contributed by atoms with Crippen LogP contribution in [0.25, 0.3) is 0 Å². The molecule has 2 aliphatic rings. The number of hydrogen-bond acceptors (Lipinski definition) is 2. The maximum atomic E-state index is 5.62. The summed E-state index contributed by atoms with van der Waals surface area (Å²) in [4.78, 5) is 0. The number of rotatable bonds is 0. The summed E-state index contributed by atoms with van der Waals surface area (Å²) in [6, 6.07) is 0.681. The Labute approximate surface area is 55.6 Å². The van der Waals surface area contributed by atoms with Crippen molar-refractivity contribution in [3.63, 3.8) is 0 Å². The zero-order valence-corrected chi connectivity index (χ0v) is 5.76. The molecule has 3 unspecified atom stereocenters. The average Bonchev–Trinajstić information content (AvgIpc) is 2.22. The van der Waals surface area contributed by atoms with Gasteiger partial charge >= 0.3 is 0 Å². The summed E-state index contributed by atoms with van der Waals surface area (Å²) in [6.07, 6.45) is 3.47. The molecule has 0 radical (unpaired) electrons. The zero-order valence-electron chi connectivity index (χ0n) is 5.76. The number of fused-ring (bicyclic) bond motifs is 1. The van der Waals surface area contributed by atoms with Crippen molar-refractivity contribution in [1.29, 1.82) is 0 Å². The molecule has 2 rings (SSSR count). The van der Waals surface area contributed by atoms with Crippen molar-refractivity contribution in [3.05, 3.63) is 0 Å². The van der Waals surface area contributed by atoms with E-state index < -0.39 is 0 Å². The maximum absolute atomic E-state index is 5.62. The van der Waals surface area contributed by atoms with Crippen LogP contribution in [0.3, 0.4) is 0 Å². The molecule has 1 N–H and O–H groups in total. The van der Waals surface area contributed by atoms with Crippen molar-refractivity contribution in [2.45, 2.75) is 38.0 Å². The molecule has 2 heterocycles. The van der Waals surface area contributed by atoms with Crippen LogP contribution in [0.2, 0.25) is 0 Å². The normalized spacial score (nSPS) is 49.7. The van der Waals surface area contributed by atoms with Crippen molar-refractivity contribution in [2.75, 3.05) is 6.54 Å². The van der Waals surface area contributed by atoms with Crippen molar-refractivity contribution >= 4 is 0 Å². The van der Waals surface area contributed by atoms with Gasteiger partial charge in [-0.3, -0.25) is 0 Å². The fourth-order valence-corrected chi connectivity index (χ4v) is 1.85. The number of nitrogens with one attached hydrogen (secondary N) is 1. The molecule has 52 valence electrons. The Morgan fingerprint density at radius 1 is 1.56 bits per heavy atom. The van der Waals surface area contributed by atoms with Crippen molar-refractivity contribution in [1.82, 2.24) is 5.32 Å². The smallest absolute Gasteiger partial charge is 0.0744 e. The third kappa shape index (κ3) is 0.864. The standard InChI is InChI=1S/C7H13NO/c1-5-4-6-7(9-5)2-3-8-6/h5-8H,2-4H2,1H3. The fourth-order valence-electron chi connectivity index (χ4n) is 1.85. The third-order valence-electron chi connectivity index (χ3n) is 2.28. The van der Waals surface area contributed by atoms with Crippen molar-refractivity contribution in [3.8, 4) is 0 Å². The Kier molecular flexibility index (Phi) is 1.24. The second-order valence-electron chi connectivity index (χ2n) is 3.07. The molecule has 9 heavy (non-hydrogen) atoms. The first-order valence-electron chi connectivity index (χ1n) is 3.75. The van der Waals surface area contributed by atoms with Crippen LogP contribution < -0.4 is 5.32 Å². The van der Waals surface area contributed by atoms with Crippen molar-refractivity contribution < 1.29 is 4.74 Å². The van der Waals surface area contributed by atoms with Gasteiger partial charge in [-0.1, -0.05) is 0 Å². The summed E-state index contributed by atoms with van der Waals surface area (Å²) in [5.41, 5.74) is 0. The van der Waals surface area contributed by atoms with E-state index in [4.69, 9.17) is 4.74 Å². The van der Waals surface area contributed by atoms with Gasteiger partial charge in [0.05, 0.1) is 12.2 Å². The SMILES string of the molecule is CC1CC2NCCC2O1. The monoisotopic (exact) mass is 127 g/mol. The second kappa shape index (κ2) is 1.96. The summed E-state index contributed by atoms with van der Waals surface area (Å²) in [6.45, 7) is 3.31. The van der Waals surface area contributed by atoms with Crippen LogP contribution in [0, 0.1) is 0 Å². The Morgan fingerprint density at radius 3 is 3.22 bits per heavy atom. The minimum atomic E-state index is 0.493. The van der Waals surface area contributed by atoms with E-state index in [2.05, 4.69) is 12.2 Å². The van der Waals surface area contributed by atoms with Crippen LogP contribution >= 0.6 is 0 Å². The molecule has 2 heteroatoms. The Hall–Kier alpha value is -0.0800. The van der Waals surface area contributed by atoms with Crippen LogP contribution in [-0.4, -0.2) is 24.8 Å². The molecule has 0 aromatic rings. The lowest BCUT2D eigenvalue weighted by Crippen LogP contribution is -2.25. The maximum Gasteiger partial charge on any atom is 0.0744 e. The van der Waals surface area contributed by atoms with Gasteiger partial charge in [-0.25, -0.2) is 0 Å². The minimum absolute atomic E-state index is 0.493. The first-order chi connectivity index (χ1) is 4.36. The predicted molar refractivity (Wildman–Crippen MR) is 35.4 cm³/mol. The lowest BCUT2D eigenvalue weighted by atomic mass is 10.1. The van der Waals surface area contributed by atoms with Gasteiger partial charge < -0.3 is 10.1 Å². The first-order valence-corrected chi connectivity index (χ1v) is 3.75. The summed E-state index contributed by atoms with van der Waals surface area (Å²) in [5.74, 6) is 0. The van der Waals surface area contributed by atoms with Crippen molar-refractivity contribution in [2.24, 2.45) is 0 Å². The predicted octanol–water partition coefficient (Wildman–Crippen LogP) is 0.526. The highest BCUT2D eigenvalue weighted by Crippen LogP contribution is 2.25. The van der Waals surface area contributed by atoms with E-state index in [1.54, 1.807) is 0 Å². The summed E-state index contributed by atoms with van der Waals surface area (Å²) in [7, 11) is 0. The Morgan fingerprint density at radius 2 is 2.44 bits per heavy atom. The molecular weight excluding hydrogens is 114 g/mol. The topological polar surface area (TPSA) is 21.3 Å². The van der Waals surface area contributed by atoms with E-state index in [9.17, 15) is 0 Å². The summed E-state index contributed by atoms with van der Waals surface area (Å²) in [5, 5.41) is 3.42. The van der Waals surface area contributed by atoms with Gasteiger partial charge in [-0.05, 0) is 26.3 Å². The van der Waals surface area contributed by atoms with E-state index in [1.807, 2.05) is 0 Å². The molecule has 0 saturated carbocycles. The van der Waals surface area contributed by atoms with Gasteiger partial charge in [-0.15, -0.1) is 0 Å². The summed E-state index contributed by atoms with van der Waals surface area (Å²) < 4.78 is 5.62. The summed E-state index contributed by atoms with van der Waals surface area (Å²) >= 11 is 0.